The van der Waals surface area contributed by atoms with Gasteiger partial charge in [-0.05, 0) is 52.4 Å². The lowest BCUT2D eigenvalue weighted by Crippen LogP contribution is -2.52. The first-order valence-electron chi connectivity index (χ1n) is 9.53. The van der Waals surface area contributed by atoms with Gasteiger partial charge in [0.05, 0.1) is 36.2 Å². The lowest BCUT2D eigenvalue weighted by molar-refractivity contribution is -0.135. The topological polar surface area (TPSA) is 100 Å². The number of hydroxylamine groups is 1. The minimum Gasteiger partial charge on any atom is -0.300 e. The van der Waals surface area contributed by atoms with Crippen LogP contribution in [0.1, 0.15) is 52.4 Å². The van der Waals surface area contributed by atoms with E-state index in [-0.39, 0.29) is 35.6 Å². The number of rotatable bonds is 5. The van der Waals surface area contributed by atoms with Crippen molar-refractivity contribution in [2.24, 2.45) is 10.9 Å². The summed E-state index contributed by atoms with van der Waals surface area (Å²) in [7, 11) is -3.41. The van der Waals surface area contributed by atoms with Crippen LogP contribution >= 0.6 is 0 Å². The summed E-state index contributed by atoms with van der Waals surface area (Å²) in [5.74, 6) is -0.375. The molecule has 146 valence electrons. The second-order valence-electron chi connectivity index (χ2n) is 8.57. The van der Waals surface area contributed by atoms with Gasteiger partial charge in [-0.1, -0.05) is 0 Å². The van der Waals surface area contributed by atoms with Gasteiger partial charge in [-0.2, -0.15) is 5.48 Å². The van der Waals surface area contributed by atoms with Crippen LogP contribution < -0.4 is 10.2 Å². The molecular weight excluding hydrogens is 356 g/mol. The SMILES string of the molecule is CC1CC(CN2C=NC3CCC(S(=O)(=O)NC4(C)CC4)CC3C2=O)ON1. The van der Waals surface area contributed by atoms with Crippen molar-refractivity contribution < 1.29 is 18.0 Å². The van der Waals surface area contributed by atoms with Gasteiger partial charge in [-0.15, -0.1) is 0 Å². The number of carbonyl (C=O) groups is 1. The Morgan fingerprint density at radius 2 is 2.15 bits per heavy atom. The Kier molecular flexibility index (Phi) is 4.61. The van der Waals surface area contributed by atoms with Gasteiger partial charge in [0, 0.05) is 11.6 Å². The van der Waals surface area contributed by atoms with E-state index in [4.69, 9.17) is 4.84 Å². The smallest absolute Gasteiger partial charge is 0.233 e. The monoisotopic (exact) mass is 384 g/mol. The molecule has 0 bridgehead atoms. The van der Waals surface area contributed by atoms with E-state index in [2.05, 4.69) is 15.2 Å². The van der Waals surface area contributed by atoms with Crippen molar-refractivity contribution in [2.75, 3.05) is 6.54 Å². The average molecular weight is 385 g/mol. The van der Waals surface area contributed by atoms with Crippen molar-refractivity contribution in [3.63, 3.8) is 0 Å². The van der Waals surface area contributed by atoms with Crippen LogP contribution in [0.15, 0.2) is 4.99 Å². The maximum atomic E-state index is 12.9. The number of nitrogens with one attached hydrogen (secondary N) is 2. The van der Waals surface area contributed by atoms with E-state index in [1.54, 1.807) is 11.2 Å². The number of nitrogens with zero attached hydrogens (tertiary/aromatic N) is 2. The number of aliphatic imine (C=N–C) groups is 1. The van der Waals surface area contributed by atoms with E-state index in [0.717, 1.165) is 19.3 Å². The number of carbonyl (C=O) groups excluding carboxylic acids is 1. The van der Waals surface area contributed by atoms with Gasteiger partial charge in [-0.3, -0.25) is 14.6 Å². The molecule has 0 radical (unpaired) electrons. The Hall–Kier alpha value is -1.03. The first kappa shape index (κ1) is 18.3. The summed E-state index contributed by atoms with van der Waals surface area (Å²) in [5.41, 5.74) is 2.64. The molecule has 0 spiro atoms. The molecule has 0 aromatic carbocycles. The van der Waals surface area contributed by atoms with Crippen LogP contribution in [0.2, 0.25) is 0 Å². The molecule has 0 aromatic rings. The molecule has 2 saturated carbocycles. The summed E-state index contributed by atoms with van der Waals surface area (Å²) in [5, 5.41) is -0.510. The van der Waals surface area contributed by atoms with Gasteiger partial charge in [0.15, 0.2) is 0 Å². The van der Waals surface area contributed by atoms with Crippen molar-refractivity contribution in [1.29, 1.82) is 0 Å². The molecule has 5 unspecified atom stereocenters. The van der Waals surface area contributed by atoms with Crippen LogP contribution in [-0.2, 0) is 19.7 Å². The quantitative estimate of drug-likeness (QED) is 0.721. The minimum atomic E-state index is -3.41. The molecule has 2 aliphatic heterocycles. The molecule has 9 heteroatoms. The standard InChI is InChI=1S/C17H28N4O4S/c1-11-7-12(25-19-11)9-21-10-18-15-4-3-13(8-14(15)16(21)22)26(23,24)20-17(2)5-6-17/h10-15,19-20H,3-9H2,1-2H3. The molecule has 26 heavy (non-hydrogen) atoms. The van der Waals surface area contributed by atoms with E-state index in [1.807, 2.05) is 13.8 Å². The van der Waals surface area contributed by atoms with E-state index in [9.17, 15) is 13.2 Å². The Morgan fingerprint density at radius 3 is 2.81 bits per heavy atom. The lowest BCUT2D eigenvalue weighted by Gasteiger charge is -2.38. The molecule has 2 aliphatic carbocycles. The molecule has 4 rings (SSSR count). The third kappa shape index (κ3) is 3.67. The predicted molar refractivity (Wildman–Crippen MR) is 96.9 cm³/mol. The van der Waals surface area contributed by atoms with Gasteiger partial charge >= 0.3 is 0 Å². The Morgan fingerprint density at radius 1 is 1.38 bits per heavy atom. The Bertz CT molecular complexity index is 706. The van der Waals surface area contributed by atoms with E-state index in [0.29, 0.717) is 25.8 Å². The summed E-state index contributed by atoms with van der Waals surface area (Å²) in [6, 6.07) is 0.173. The maximum absolute atomic E-state index is 12.9. The summed E-state index contributed by atoms with van der Waals surface area (Å²) in [6.07, 6.45) is 5.72. The van der Waals surface area contributed by atoms with Gasteiger partial charge in [0.25, 0.3) is 0 Å². The molecule has 3 fully saturated rings. The highest BCUT2D eigenvalue weighted by Crippen LogP contribution is 2.38. The van der Waals surface area contributed by atoms with Crippen LogP contribution in [0.25, 0.3) is 0 Å². The zero-order valence-corrected chi connectivity index (χ0v) is 16.2. The second kappa shape index (κ2) is 6.54. The third-order valence-electron chi connectivity index (χ3n) is 6.04. The summed E-state index contributed by atoms with van der Waals surface area (Å²) < 4.78 is 28.3. The fraction of sp³-hybridized carbons (Fsp3) is 0.882. The van der Waals surface area contributed by atoms with Crippen molar-refractivity contribution in [2.45, 2.75) is 81.3 Å². The Balaban J connectivity index is 1.42. The highest BCUT2D eigenvalue weighted by Gasteiger charge is 2.47. The molecule has 1 saturated heterocycles. The molecule has 2 heterocycles. The summed E-state index contributed by atoms with van der Waals surface area (Å²) in [4.78, 5) is 24.6. The fourth-order valence-electron chi connectivity index (χ4n) is 4.17. The van der Waals surface area contributed by atoms with E-state index >= 15 is 0 Å². The maximum Gasteiger partial charge on any atom is 0.233 e. The highest BCUT2D eigenvalue weighted by atomic mass is 32.2. The van der Waals surface area contributed by atoms with Crippen LogP contribution in [0.5, 0.6) is 0 Å². The van der Waals surface area contributed by atoms with Gasteiger partial charge in [0.1, 0.15) is 0 Å². The van der Waals surface area contributed by atoms with Crippen LogP contribution in [0.4, 0.5) is 0 Å². The molecule has 1 amide bonds. The first-order chi connectivity index (χ1) is 12.3. The van der Waals surface area contributed by atoms with Crippen molar-refractivity contribution >= 4 is 22.3 Å². The molecule has 0 aromatic heterocycles. The molecule has 4 aliphatic rings. The molecular formula is C17H28N4O4S. The lowest BCUT2D eigenvalue weighted by atomic mass is 9.82. The zero-order chi connectivity index (χ0) is 18.5. The Labute approximate surface area is 154 Å². The number of sulfonamides is 1. The fourth-order valence-corrected chi connectivity index (χ4v) is 6.13. The average Bonchev–Trinajstić information content (AvgIpc) is 3.15. The second-order valence-corrected chi connectivity index (χ2v) is 10.5. The van der Waals surface area contributed by atoms with Crippen molar-refractivity contribution in [3.05, 3.63) is 0 Å². The van der Waals surface area contributed by atoms with Crippen molar-refractivity contribution in [1.82, 2.24) is 15.1 Å². The van der Waals surface area contributed by atoms with Crippen molar-refractivity contribution in [3.8, 4) is 0 Å². The van der Waals surface area contributed by atoms with Crippen LogP contribution in [0.3, 0.4) is 0 Å². The third-order valence-corrected chi connectivity index (χ3v) is 8.13. The normalized spacial score (nSPS) is 39.1. The van der Waals surface area contributed by atoms with Crippen LogP contribution in [0, 0.1) is 5.92 Å². The summed E-state index contributed by atoms with van der Waals surface area (Å²) in [6.45, 7) is 4.42. The zero-order valence-electron chi connectivity index (χ0n) is 15.3. The predicted octanol–water partition coefficient (Wildman–Crippen LogP) is 0.548. The molecule has 5 atom stereocenters. The number of hydrogen-bond donors (Lipinski definition) is 2. The number of fused-ring (bicyclic) bond motifs is 1. The number of hydrogen-bond acceptors (Lipinski definition) is 6. The largest absolute Gasteiger partial charge is 0.300 e. The highest BCUT2D eigenvalue weighted by molar-refractivity contribution is 7.90. The minimum absolute atomic E-state index is 0.0225. The molecule has 8 nitrogen and oxygen atoms in total. The first-order valence-corrected chi connectivity index (χ1v) is 11.1. The van der Waals surface area contributed by atoms with Gasteiger partial charge < -0.3 is 4.90 Å². The van der Waals surface area contributed by atoms with E-state index < -0.39 is 15.3 Å². The van der Waals surface area contributed by atoms with Crippen LogP contribution in [-0.4, -0.2) is 61.1 Å². The van der Waals surface area contributed by atoms with E-state index in [1.165, 1.54) is 0 Å². The van der Waals surface area contributed by atoms with Gasteiger partial charge in [-0.25, -0.2) is 13.1 Å². The summed E-state index contributed by atoms with van der Waals surface area (Å²) >= 11 is 0. The van der Waals surface area contributed by atoms with Gasteiger partial charge in [0.2, 0.25) is 15.9 Å². The number of amides is 1. The molecule has 2 N–H and O–H groups in total.